The van der Waals surface area contributed by atoms with Gasteiger partial charge in [0.05, 0.1) is 0 Å². The minimum absolute atomic E-state index is 0.00437. The smallest absolute Gasteiger partial charge is 0.354 e. The summed E-state index contributed by atoms with van der Waals surface area (Å²) in [6.45, 7) is 3.33. The average Bonchev–Trinajstić information content (AvgIpc) is 3.24. The molecule has 1 aromatic carbocycles. The molecule has 11 nitrogen and oxygen atoms in total. The molecule has 0 radical (unpaired) electrons. The molecule has 0 saturated heterocycles. The Balaban J connectivity index is 1.55. The molecule has 0 bridgehead atoms. The minimum atomic E-state index is -1.13. The first kappa shape index (κ1) is 20.7. The van der Waals surface area contributed by atoms with E-state index in [1.54, 1.807) is 38.1 Å². The van der Waals surface area contributed by atoms with Crippen LogP contribution in [0.15, 0.2) is 28.8 Å². The van der Waals surface area contributed by atoms with Crippen molar-refractivity contribution in [1.82, 2.24) is 25.2 Å². The number of aromatic carboxylic acids is 1. The van der Waals surface area contributed by atoms with Crippen molar-refractivity contribution in [3.63, 3.8) is 0 Å². The minimum Gasteiger partial charge on any atom is -0.477 e. The number of nitrogens with zero attached hydrogens (tertiary/aromatic N) is 4. The zero-order chi connectivity index (χ0) is 21.8. The number of benzene rings is 1. The van der Waals surface area contributed by atoms with Crippen molar-refractivity contribution in [2.45, 2.75) is 20.3 Å². The van der Waals surface area contributed by atoms with E-state index in [0.29, 0.717) is 28.4 Å². The summed E-state index contributed by atoms with van der Waals surface area (Å²) in [6.07, 6.45) is -0.00607. The van der Waals surface area contributed by atoms with Gasteiger partial charge >= 0.3 is 5.97 Å². The van der Waals surface area contributed by atoms with Crippen LogP contribution in [-0.2, 0) is 11.8 Å². The topological polar surface area (TPSA) is 152 Å². The second-order valence-electron chi connectivity index (χ2n) is 6.52. The highest BCUT2D eigenvalue weighted by Crippen LogP contribution is 2.18. The fourth-order valence-corrected chi connectivity index (χ4v) is 2.85. The zero-order valence-electron chi connectivity index (χ0n) is 16.6. The molecule has 0 fully saturated rings. The van der Waals surface area contributed by atoms with Gasteiger partial charge in [-0.1, -0.05) is 17.3 Å². The van der Waals surface area contributed by atoms with E-state index in [4.69, 9.17) is 9.63 Å². The molecule has 2 aromatic heterocycles. The number of hydrogen-bond donors (Lipinski definition) is 3. The van der Waals surface area contributed by atoms with Crippen LogP contribution in [0.5, 0.6) is 0 Å². The highest BCUT2D eigenvalue weighted by atomic mass is 16.5. The van der Waals surface area contributed by atoms with Crippen LogP contribution in [0.4, 0.5) is 5.82 Å². The maximum atomic E-state index is 12.4. The summed E-state index contributed by atoms with van der Waals surface area (Å²) in [6, 6.07) is 6.72. The Labute approximate surface area is 171 Å². The van der Waals surface area contributed by atoms with Crippen molar-refractivity contribution >= 4 is 23.6 Å². The standard InChI is InChI=1S/C19H20N6O5/c1-10-15(19(28)29)25(3)23-16(10)22-14(26)7-8-20-18(27)13-6-4-5-12(9-13)17-21-11(2)30-24-17/h4-6,9H,7-8H2,1-3H3,(H,20,27)(H,28,29)(H,22,23,26). The Morgan fingerprint density at radius 2 is 2.00 bits per heavy atom. The molecule has 3 rings (SSSR count). The maximum absolute atomic E-state index is 12.4. The Kier molecular flexibility index (Phi) is 5.90. The van der Waals surface area contributed by atoms with E-state index < -0.39 is 11.9 Å². The van der Waals surface area contributed by atoms with E-state index in [2.05, 4.69) is 25.9 Å². The van der Waals surface area contributed by atoms with Gasteiger partial charge < -0.3 is 20.3 Å². The third-order valence-corrected chi connectivity index (χ3v) is 4.29. The lowest BCUT2D eigenvalue weighted by Gasteiger charge is -2.06. The van der Waals surface area contributed by atoms with E-state index in [9.17, 15) is 14.4 Å². The Morgan fingerprint density at radius 1 is 1.23 bits per heavy atom. The summed E-state index contributed by atoms with van der Waals surface area (Å²) in [7, 11) is 1.48. The van der Waals surface area contributed by atoms with E-state index in [0.717, 1.165) is 0 Å². The van der Waals surface area contributed by atoms with Gasteiger partial charge in [-0.15, -0.1) is 0 Å². The van der Waals surface area contributed by atoms with Gasteiger partial charge in [0.25, 0.3) is 5.91 Å². The van der Waals surface area contributed by atoms with E-state index in [1.807, 2.05) is 0 Å². The van der Waals surface area contributed by atoms with Crippen LogP contribution in [0.2, 0.25) is 0 Å². The Morgan fingerprint density at radius 3 is 2.63 bits per heavy atom. The van der Waals surface area contributed by atoms with Crippen molar-refractivity contribution in [2.24, 2.45) is 7.05 Å². The number of carboxylic acids is 1. The lowest BCUT2D eigenvalue weighted by molar-refractivity contribution is -0.116. The molecule has 3 aromatic rings. The second-order valence-corrected chi connectivity index (χ2v) is 6.52. The van der Waals surface area contributed by atoms with Crippen LogP contribution < -0.4 is 10.6 Å². The highest BCUT2D eigenvalue weighted by molar-refractivity contribution is 5.96. The van der Waals surface area contributed by atoms with Gasteiger partial charge in [0, 0.05) is 43.6 Å². The van der Waals surface area contributed by atoms with Gasteiger partial charge in [-0.05, 0) is 19.1 Å². The molecule has 3 N–H and O–H groups in total. The zero-order valence-corrected chi connectivity index (χ0v) is 16.6. The van der Waals surface area contributed by atoms with Crippen LogP contribution in [0, 0.1) is 13.8 Å². The van der Waals surface area contributed by atoms with E-state index in [-0.39, 0.29) is 30.4 Å². The average molecular weight is 412 g/mol. The van der Waals surface area contributed by atoms with Gasteiger partial charge in [0.2, 0.25) is 17.6 Å². The first-order valence-electron chi connectivity index (χ1n) is 9.02. The summed E-state index contributed by atoms with van der Waals surface area (Å²) in [5, 5.41) is 22.2. The molecule has 11 heteroatoms. The molecule has 30 heavy (non-hydrogen) atoms. The second kappa shape index (κ2) is 8.55. The lowest BCUT2D eigenvalue weighted by atomic mass is 10.1. The molecule has 2 amide bonds. The number of anilines is 1. The number of aryl methyl sites for hydroxylation is 2. The molecule has 0 aliphatic rings. The Hall–Kier alpha value is -4.02. The summed E-state index contributed by atoms with van der Waals surface area (Å²) in [5.74, 6) is -0.906. The number of nitrogens with one attached hydrogen (secondary N) is 2. The molecule has 2 heterocycles. The quantitative estimate of drug-likeness (QED) is 0.528. The van der Waals surface area contributed by atoms with Crippen LogP contribution in [0.25, 0.3) is 11.4 Å². The maximum Gasteiger partial charge on any atom is 0.354 e. The summed E-state index contributed by atoms with van der Waals surface area (Å²) < 4.78 is 6.13. The predicted molar refractivity (Wildman–Crippen MR) is 105 cm³/mol. The van der Waals surface area contributed by atoms with E-state index >= 15 is 0 Å². The number of hydrogen-bond acceptors (Lipinski definition) is 7. The monoisotopic (exact) mass is 412 g/mol. The van der Waals surface area contributed by atoms with Crippen molar-refractivity contribution in [3.05, 3.63) is 47.0 Å². The molecule has 0 saturated carbocycles. The van der Waals surface area contributed by atoms with Crippen LogP contribution in [0.3, 0.4) is 0 Å². The molecular formula is C19H20N6O5. The van der Waals surface area contributed by atoms with Gasteiger partial charge in [-0.3, -0.25) is 14.3 Å². The largest absolute Gasteiger partial charge is 0.477 e. The Bertz CT molecular complexity index is 1120. The first-order valence-corrected chi connectivity index (χ1v) is 9.02. The van der Waals surface area contributed by atoms with Crippen molar-refractivity contribution in [1.29, 1.82) is 0 Å². The number of rotatable bonds is 7. The van der Waals surface area contributed by atoms with Crippen molar-refractivity contribution in [2.75, 3.05) is 11.9 Å². The molecular weight excluding hydrogens is 392 g/mol. The van der Waals surface area contributed by atoms with Crippen LogP contribution in [-0.4, -0.2) is 49.4 Å². The molecule has 0 spiro atoms. The number of carbonyl (C=O) groups excluding carboxylic acids is 2. The first-order chi connectivity index (χ1) is 14.3. The highest BCUT2D eigenvalue weighted by Gasteiger charge is 2.19. The van der Waals surface area contributed by atoms with Gasteiger partial charge in [-0.2, -0.15) is 10.1 Å². The SMILES string of the molecule is Cc1nc(-c2cccc(C(=O)NCCC(=O)Nc3nn(C)c(C(=O)O)c3C)c2)no1. The van der Waals surface area contributed by atoms with Crippen LogP contribution >= 0.6 is 0 Å². The van der Waals surface area contributed by atoms with Gasteiger partial charge in [0.1, 0.15) is 0 Å². The normalized spacial score (nSPS) is 10.6. The lowest BCUT2D eigenvalue weighted by Crippen LogP contribution is -2.27. The van der Waals surface area contributed by atoms with Gasteiger partial charge in [0.15, 0.2) is 11.5 Å². The van der Waals surface area contributed by atoms with E-state index in [1.165, 1.54) is 11.7 Å². The van der Waals surface area contributed by atoms with Crippen molar-refractivity contribution in [3.8, 4) is 11.4 Å². The summed E-state index contributed by atoms with van der Waals surface area (Å²) in [5.41, 5.74) is 1.38. The molecule has 0 atom stereocenters. The fourth-order valence-electron chi connectivity index (χ4n) is 2.85. The summed E-state index contributed by atoms with van der Waals surface area (Å²) >= 11 is 0. The molecule has 0 aliphatic heterocycles. The predicted octanol–water partition coefficient (Wildman–Crippen LogP) is 1.54. The summed E-state index contributed by atoms with van der Waals surface area (Å²) in [4.78, 5) is 39.8. The van der Waals surface area contributed by atoms with Crippen LogP contribution in [0.1, 0.15) is 38.7 Å². The molecule has 0 unspecified atom stereocenters. The van der Waals surface area contributed by atoms with Gasteiger partial charge in [-0.25, -0.2) is 4.79 Å². The fraction of sp³-hybridized carbons (Fsp3) is 0.263. The number of amides is 2. The number of carbonyl (C=O) groups is 3. The number of aromatic nitrogens is 4. The van der Waals surface area contributed by atoms with Crippen molar-refractivity contribution < 1.29 is 24.0 Å². The number of carboxylic acid groups (broad SMARTS) is 1. The third-order valence-electron chi connectivity index (χ3n) is 4.29. The molecule has 156 valence electrons. The molecule has 0 aliphatic carbocycles. The third kappa shape index (κ3) is 4.51.